The van der Waals surface area contributed by atoms with Gasteiger partial charge >= 0.3 is 0 Å². The molecule has 0 unspecified atom stereocenters. The Kier molecular flexibility index (Phi) is 2.67. The van der Waals surface area contributed by atoms with Crippen molar-refractivity contribution in [3.8, 4) is 22.8 Å². The number of para-hydroxylation sites is 1. The largest absolute Gasteiger partial charge is 0.507 e. The number of hydrogen-bond acceptors (Lipinski definition) is 3. The molecule has 0 aliphatic heterocycles. The van der Waals surface area contributed by atoms with Crippen LogP contribution >= 0.6 is 0 Å². The maximum atomic E-state index is 9.95. The molecule has 0 aliphatic carbocycles. The molecule has 0 atom stereocenters. The molecule has 0 amide bonds. The number of aryl methyl sites for hydroxylation is 1. The molecular weight excluding hydrogens is 240 g/mol. The van der Waals surface area contributed by atoms with Crippen LogP contribution in [0.25, 0.3) is 22.3 Å². The molecule has 0 radical (unpaired) electrons. The highest BCUT2D eigenvalue weighted by atomic mass is 16.5. The summed E-state index contributed by atoms with van der Waals surface area (Å²) >= 11 is 0. The van der Waals surface area contributed by atoms with Crippen LogP contribution in [0.3, 0.4) is 0 Å². The number of methoxy groups -OCH3 is 1. The number of fused-ring (bicyclic) bond motifs is 1. The number of phenols is 1. The highest BCUT2D eigenvalue weighted by Crippen LogP contribution is 2.37. The first-order valence-corrected chi connectivity index (χ1v) is 6.05. The number of benzene rings is 2. The summed E-state index contributed by atoms with van der Waals surface area (Å²) < 4.78 is 11.1. The van der Waals surface area contributed by atoms with E-state index in [0.29, 0.717) is 22.7 Å². The Morgan fingerprint density at radius 3 is 2.74 bits per heavy atom. The predicted molar refractivity (Wildman–Crippen MR) is 74.6 cm³/mol. The normalized spacial score (nSPS) is 10.8. The van der Waals surface area contributed by atoms with E-state index in [0.717, 1.165) is 10.9 Å². The van der Waals surface area contributed by atoms with Crippen molar-refractivity contribution >= 4 is 11.0 Å². The molecule has 1 aromatic heterocycles. The van der Waals surface area contributed by atoms with E-state index < -0.39 is 0 Å². The van der Waals surface area contributed by atoms with Crippen molar-refractivity contribution < 1.29 is 14.3 Å². The molecule has 1 N–H and O–H groups in total. The van der Waals surface area contributed by atoms with E-state index in [-0.39, 0.29) is 5.75 Å². The third-order valence-electron chi connectivity index (χ3n) is 3.15. The maximum Gasteiger partial charge on any atom is 0.176 e. The van der Waals surface area contributed by atoms with Gasteiger partial charge in [-0.3, -0.25) is 0 Å². The minimum Gasteiger partial charge on any atom is -0.507 e. The minimum atomic E-state index is 0.212. The third kappa shape index (κ3) is 1.93. The van der Waals surface area contributed by atoms with E-state index in [2.05, 4.69) is 0 Å². The Bertz CT molecular complexity index is 741. The summed E-state index contributed by atoms with van der Waals surface area (Å²) in [5, 5.41) is 10.9. The smallest absolute Gasteiger partial charge is 0.176 e. The molecule has 3 nitrogen and oxygen atoms in total. The maximum absolute atomic E-state index is 9.95. The highest BCUT2D eigenvalue weighted by Gasteiger charge is 2.13. The topological polar surface area (TPSA) is 42.6 Å². The van der Waals surface area contributed by atoms with Crippen molar-refractivity contribution in [2.24, 2.45) is 0 Å². The van der Waals surface area contributed by atoms with Crippen LogP contribution in [-0.4, -0.2) is 12.2 Å². The van der Waals surface area contributed by atoms with Crippen LogP contribution in [0.5, 0.6) is 11.5 Å². The fraction of sp³-hybridized carbons (Fsp3) is 0.125. The average molecular weight is 254 g/mol. The van der Waals surface area contributed by atoms with Gasteiger partial charge in [-0.05, 0) is 31.2 Å². The first-order chi connectivity index (χ1) is 9.19. The highest BCUT2D eigenvalue weighted by molar-refractivity contribution is 5.88. The Labute approximate surface area is 111 Å². The van der Waals surface area contributed by atoms with Gasteiger partial charge in [-0.15, -0.1) is 0 Å². The monoisotopic (exact) mass is 254 g/mol. The first-order valence-electron chi connectivity index (χ1n) is 6.05. The molecule has 19 heavy (non-hydrogen) atoms. The van der Waals surface area contributed by atoms with Crippen LogP contribution < -0.4 is 4.74 Å². The van der Waals surface area contributed by atoms with E-state index in [9.17, 15) is 5.11 Å². The number of aromatic hydroxyl groups is 1. The summed E-state index contributed by atoms with van der Waals surface area (Å²) in [6.07, 6.45) is 0. The lowest BCUT2D eigenvalue weighted by Gasteiger charge is -2.02. The molecule has 3 heteroatoms. The van der Waals surface area contributed by atoms with Crippen molar-refractivity contribution in [2.75, 3.05) is 7.11 Å². The lowest BCUT2D eigenvalue weighted by Crippen LogP contribution is -1.81. The summed E-state index contributed by atoms with van der Waals surface area (Å²) in [4.78, 5) is 0. The summed E-state index contributed by atoms with van der Waals surface area (Å²) in [5.41, 5.74) is 2.46. The first kappa shape index (κ1) is 11.7. The quantitative estimate of drug-likeness (QED) is 0.748. The standard InChI is InChI=1S/C16H14O3/c1-10-6-7-13(17)12(8-10)15-9-11-4-3-5-14(18-2)16(11)19-15/h3-9,17H,1-2H3. The van der Waals surface area contributed by atoms with Crippen molar-refractivity contribution in [3.05, 3.63) is 48.0 Å². The molecule has 0 bridgehead atoms. The van der Waals surface area contributed by atoms with Gasteiger partial charge in [-0.25, -0.2) is 0 Å². The van der Waals surface area contributed by atoms with Crippen LogP contribution in [0.15, 0.2) is 46.9 Å². The van der Waals surface area contributed by atoms with E-state index in [4.69, 9.17) is 9.15 Å². The van der Waals surface area contributed by atoms with Crippen LogP contribution in [0, 0.1) is 6.92 Å². The van der Waals surface area contributed by atoms with E-state index in [1.165, 1.54) is 0 Å². The van der Waals surface area contributed by atoms with Gasteiger partial charge < -0.3 is 14.3 Å². The number of furan rings is 1. The van der Waals surface area contributed by atoms with Gasteiger partial charge in [0.15, 0.2) is 11.3 Å². The van der Waals surface area contributed by atoms with Crippen LogP contribution in [0.4, 0.5) is 0 Å². The van der Waals surface area contributed by atoms with Crippen LogP contribution in [0.2, 0.25) is 0 Å². The lowest BCUT2D eigenvalue weighted by molar-refractivity contribution is 0.410. The minimum absolute atomic E-state index is 0.212. The molecule has 3 rings (SSSR count). The van der Waals surface area contributed by atoms with Crippen molar-refractivity contribution in [3.63, 3.8) is 0 Å². The molecule has 0 aliphatic rings. The van der Waals surface area contributed by atoms with Gasteiger partial charge in [0.05, 0.1) is 12.7 Å². The fourth-order valence-electron chi connectivity index (χ4n) is 2.18. The fourth-order valence-corrected chi connectivity index (χ4v) is 2.18. The molecule has 0 fully saturated rings. The zero-order valence-corrected chi connectivity index (χ0v) is 10.8. The second-order valence-corrected chi connectivity index (χ2v) is 4.51. The molecule has 2 aromatic carbocycles. The number of hydrogen-bond donors (Lipinski definition) is 1. The molecule has 0 saturated heterocycles. The molecule has 3 aromatic rings. The summed E-state index contributed by atoms with van der Waals surface area (Å²) in [5.74, 6) is 1.54. The third-order valence-corrected chi connectivity index (χ3v) is 3.15. The number of rotatable bonds is 2. The molecule has 1 heterocycles. The van der Waals surface area contributed by atoms with Crippen molar-refractivity contribution in [2.45, 2.75) is 6.92 Å². The van der Waals surface area contributed by atoms with Gasteiger partial charge in [0.1, 0.15) is 11.5 Å². The molecular formula is C16H14O3. The van der Waals surface area contributed by atoms with Crippen molar-refractivity contribution in [1.82, 2.24) is 0 Å². The molecule has 96 valence electrons. The van der Waals surface area contributed by atoms with Gasteiger partial charge in [0, 0.05) is 5.39 Å². The zero-order chi connectivity index (χ0) is 13.4. The zero-order valence-electron chi connectivity index (χ0n) is 10.8. The Balaban J connectivity index is 2.23. The number of ether oxygens (including phenoxy) is 1. The Hall–Kier alpha value is -2.42. The Morgan fingerprint density at radius 1 is 1.11 bits per heavy atom. The van der Waals surface area contributed by atoms with Gasteiger partial charge in [-0.2, -0.15) is 0 Å². The second-order valence-electron chi connectivity index (χ2n) is 4.51. The van der Waals surface area contributed by atoms with Gasteiger partial charge in [-0.1, -0.05) is 23.8 Å². The Morgan fingerprint density at radius 2 is 1.95 bits per heavy atom. The predicted octanol–water partition coefficient (Wildman–Crippen LogP) is 4.12. The van der Waals surface area contributed by atoms with E-state index in [1.54, 1.807) is 13.2 Å². The van der Waals surface area contributed by atoms with E-state index >= 15 is 0 Å². The van der Waals surface area contributed by atoms with Gasteiger partial charge in [0.2, 0.25) is 0 Å². The molecule has 0 saturated carbocycles. The average Bonchev–Trinajstić information content (AvgIpc) is 2.85. The van der Waals surface area contributed by atoms with Crippen molar-refractivity contribution in [1.29, 1.82) is 0 Å². The SMILES string of the molecule is COc1cccc2cc(-c3cc(C)ccc3O)oc12. The molecule has 0 spiro atoms. The summed E-state index contributed by atoms with van der Waals surface area (Å²) in [6.45, 7) is 1.98. The second kappa shape index (κ2) is 4.35. The van der Waals surface area contributed by atoms with Crippen LogP contribution in [-0.2, 0) is 0 Å². The van der Waals surface area contributed by atoms with Crippen LogP contribution in [0.1, 0.15) is 5.56 Å². The van der Waals surface area contributed by atoms with Gasteiger partial charge in [0.25, 0.3) is 0 Å². The number of phenolic OH excluding ortho intramolecular Hbond substituents is 1. The summed E-state index contributed by atoms with van der Waals surface area (Å²) in [7, 11) is 1.61. The lowest BCUT2D eigenvalue weighted by atomic mass is 10.1. The summed E-state index contributed by atoms with van der Waals surface area (Å²) in [6, 6.07) is 13.1. The van der Waals surface area contributed by atoms with E-state index in [1.807, 2.05) is 43.3 Å².